The van der Waals surface area contributed by atoms with Crippen LogP contribution in [-0.2, 0) is 4.79 Å². The van der Waals surface area contributed by atoms with Gasteiger partial charge in [0.25, 0.3) is 0 Å². The summed E-state index contributed by atoms with van der Waals surface area (Å²) >= 11 is 0. The molecule has 0 aromatic carbocycles. The van der Waals surface area contributed by atoms with E-state index in [1.54, 1.807) is 0 Å². The Balaban J connectivity index is 0. The summed E-state index contributed by atoms with van der Waals surface area (Å²) in [7, 11) is 4.93. The molecule has 0 heterocycles. The van der Waals surface area contributed by atoms with Gasteiger partial charge in [0, 0.05) is 5.97 Å². The molecular formula is C46H95NO2. The van der Waals surface area contributed by atoms with Gasteiger partial charge in [-0.05, 0) is 38.5 Å². The zero-order chi connectivity index (χ0) is 36.4. The van der Waals surface area contributed by atoms with E-state index in [1.807, 2.05) is 0 Å². The molecule has 0 bridgehead atoms. The molecule has 0 spiro atoms. The Morgan fingerprint density at radius 2 is 0.510 bits per heavy atom. The average Bonchev–Trinajstić information content (AvgIpc) is 3.08. The Morgan fingerprint density at radius 3 is 0.714 bits per heavy atom. The third-order valence-electron chi connectivity index (χ3n) is 10.7. The number of unbranched alkanes of at least 4 members (excludes halogenated alkanes) is 34. The number of quaternary nitrogens is 1. The highest BCUT2D eigenvalue weighted by Gasteiger charge is 2.13. The first-order chi connectivity index (χ1) is 23.9. The molecule has 0 radical (unpaired) electrons. The largest absolute Gasteiger partial charge is 0.550 e. The molecule has 0 aliphatic rings. The van der Waals surface area contributed by atoms with Crippen LogP contribution in [-0.4, -0.2) is 37.6 Å². The number of hydrogen-bond donors (Lipinski definition) is 0. The number of carbonyl (C=O) groups is 1. The minimum absolute atomic E-state index is 0.232. The second-order valence-corrected chi connectivity index (χ2v) is 16.5. The lowest BCUT2D eigenvalue weighted by Gasteiger charge is -2.30. The average molecular weight is 694 g/mol. The predicted molar refractivity (Wildman–Crippen MR) is 219 cm³/mol. The molecule has 0 fully saturated rings. The van der Waals surface area contributed by atoms with E-state index in [-0.39, 0.29) is 6.42 Å². The first kappa shape index (κ1) is 50.5. The molecule has 49 heavy (non-hydrogen) atoms. The van der Waals surface area contributed by atoms with Crippen LogP contribution >= 0.6 is 0 Å². The third kappa shape index (κ3) is 49.6. The molecule has 0 rings (SSSR count). The van der Waals surface area contributed by atoms with Crippen molar-refractivity contribution in [3.63, 3.8) is 0 Å². The van der Waals surface area contributed by atoms with Gasteiger partial charge in [-0.1, -0.05) is 226 Å². The monoisotopic (exact) mass is 694 g/mol. The van der Waals surface area contributed by atoms with E-state index in [0.29, 0.717) is 0 Å². The smallest absolute Gasteiger partial charge is 0.0782 e. The Kier molecular flexibility index (Phi) is 45.0. The Hall–Kier alpha value is -0.570. The molecule has 3 heteroatoms. The predicted octanol–water partition coefficient (Wildman–Crippen LogP) is 14.7. The summed E-state index contributed by atoms with van der Waals surface area (Å²) in [5.74, 6) is -0.909. The van der Waals surface area contributed by atoms with Crippen molar-refractivity contribution in [2.24, 2.45) is 0 Å². The number of nitrogens with zero attached hydrogens (tertiary/aromatic N) is 1. The first-order valence-electron chi connectivity index (χ1n) is 22.9. The van der Waals surface area contributed by atoms with Gasteiger partial charge in [0.2, 0.25) is 0 Å². The molecule has 0 N–H and O–H groups in total. The summed E-state index contributed by atoms with van der Waals surface area (Å²) < 4.78 is 1.25. The zero-order valence-corrected chi connectivity index (χ0v) is 35.0. The van der Waals surface area contributed by atoms with Crippen LogP contribution in [0.15, 0.2) is 0 Å². The molecule has 0 unspecified atom stereocenters. The van der Waals surface area contributed by atoms with Crippen molar-refractivity contribution in [2.75, 3.05) is 27.2 Å². The van der Waals surface area contributed by atoms with Crippen molar-refractivity contribution in [1.29, 1.82) is 0 Å². The van der Waals surface area contributed by atoms with Gasteiger partial charge >= 0.3 is 0 Å². The minimum atomic E-state index is -0.909. The highest BCUT2D eigenvalue weighted by atomic mass is 16.4. The Morgan fingerprint density at radius 1 is 0.327 bits per heavy atom. The number of aliphatic carboxylic acids is 1. The first-order valence-corrected chi connectivity index (χ1v) is 22.9. The molecule has 0 aromatic heterocycles. The van der Waals surface area contributed by atoms with E-state index in [0.717, 1.165) is 12.8 Å². The molecule has 296 valence electrons. The Labute approximate surface area is 311 Å². The van der Waals surface area contributed by atoms with Gasteiger partial charge in [-0.25, -0.2) is 0 Å². The number of rotatable bonds is 40. The summed E-state index contributed by atoms with van der Waals surface area (Å²) in [5.41, 5.74) is 0. The van der Waals surface area contributed by atoms with Crippen molar-refractivity contribution in [2.45, 2.75) is 265 Å². The van der Waals surface area contributed by atoms with Crippen LogP contribution in [0.1, 0.15) is 265 Å². The molecule has 0 amide bonds. The van der Waals surface area contributed by atoms with Crippen molar-refractivity contribution in [3.05, 3.63) is 0 Å². The van der Waals surface area contributed by atoms with Gasteiger partial charge in [-0.15, -0.1) is 0 Å². The molecule has 0 aliphatic heterocycles. The van der Waals surface area contributed by atoms with Crippen LogP contribution in [0.25, 0.3) is 0 Å². The molecule has 3 nitrogen and oxygen atoms in total. The molecule has 0 saturated heterocycles. The van der Waals surface area contributed by atoms with Gasteiger partial charge in [0.1, 0.15) is 0 Å². The Bertz CT molecular complexity index is 570. The fraction of sp³-hybridized carbons (Fsp3) is 0.978. The topological polar surface area (TPSA) is 40.1 Å². The normalized spacial score (nSPS) is 11.5. The van der Waals surface area contributed by atoms with Crippen LogP contribution in [0.3, 0.4) is 0 Å². The van der Waals surface area contributed by atoms with Crippen LogP contribution in [0.5, 0.6) is 0 Å². The highest BCUT2D eigenvalue weighted by molar-refractivity contribution is 5.64. The lowest BCUT2D eigenvalue weighted by atomic mass is 10.0. The van der Waals surface area contributed by atoms with E-state index in [1.165, 1.54) is 242 Å². The summed E-state index contributed by atoms with van der Waals surface area (Å²) in [4.78, 5) is 10.1. The third-order valence-corrected chi connectivity index (χ3v) is 10.7. The van der Waals surface area contributed by atoms with Gasteiger partial charge in [-0.2, -0.15) is 0 Å². The van der Waals surface area contributed by atoms with Crippen LogP contribution in [0.2, 0.25) is 0 Å². The van der Waals surface area contributed by atoms with Crippen molar-refractivity contribution >= 4 is 5.97 Å². The molecule has 0 aromatic rings. The van der Waals surface area contributed by atoms with Crippen molar-refractivity contribution in [3.8, 4) is 0 Å². The van der Waals surface area contributed by atoms with Crippen LogP contribution in [0.4, 0.5) is 0 Å². The number of hydrogen-bond acceptors (Lipinski definition) is 2. The highest BCUT2D eigenvalue weighted by Crippen LogP contribution is 2.16. The molecular weight excluding hydrogens is 599 g/mol. The lowest BCUT2D eigenvalue weighted by Crippen LogP contribution is -2.41. The summed E-state index contributed by atoms with van der Waals surface area (Å²) in [6, 6.07) is 0. The summed E-state index contributed by atoms with van der Waals surface area (Å²) in [6.07, 6.45) is 52.1. The second-order valence-electron chi connectivity index (χ2n) is 16.5. The fourth-order valence-electron chi connectivity index (χ4n) is 7.16. The number of carboxylic acid groups (broad SMARTS) is 1. The van der Waals surface area contributed by atoms with E-state index in [2.05, 4.69) is 34.9 Å². The maximum Gasteiger partial charge on any atom is 0.0782 e. The van der Waals surface area contributed by atoms with Gasteiger partial charge in [0.15, 0.2) is 0 Å². The zero-order valence-electron chi connectivity index (χ0n) is 35.0. The SMILES string of the molecule is CCCCCCCCCCCC(=O)[O-].CCCCCCCCCCCCCCCC[N+](C)(C)CCCCCCCCCCCCCCCC. The maximum atomic E-state index is 10.1. The van der Waals surface area contributed by atoms with Crippen LogP contribution in [0, 0.1) is 0 Å². The number of carboxylic acids is 1. The fourth-order valence-corrected chi connectivity index (χ4v) is 7.16. The van der Waals surface area contributed by atoms with E-state index >= 15 is 0 Å². The molecule has 0 aliphatic carbocycles. The standard InChI is InChI=1S/C34H72N.C12H24O2/c1-5-7-9-11-13-15-17-19-21-23-25-27-29-31-33-35(3,4)34-32-30-28-26-24-22-20-18-16-14-12-10-8-6-2;1-2-3-4-5-6-7-8-9-10-11-12(13)14/h5-34H2,1-4H3;2-11H2,1H3,(H,13,14)/q+1;/p-1. The second kappa shape index (κ2) is 43.6. The number of carbonyl (C=O) groups excluding carboxylic acids is 1. The van der Waals surface area contributed by atoms with Gasteiger partial charge in [-0.3, -0.25) is 0 Å². The van der Waals surface area contributed by atoms with Gasteiger partial charge < -0.3 is 14.4 Å². The minimum Gasteiger partial charge on any atom is -0.550 e. The van der Waals surface area contributed by atoms with Crippen molar-refractivity contribution < 1.29 is 14.4 Å². The van der Waals surface area contributed by atoms with Crippen molar-refractivity contribution in [1.82, 2.24) is 0 Å². The van der Waals surface area contributed by atoms with Gasteiger partial charge in [0.05, 0.1) is 27.2 Å². The van der Waals surface area contributed by atoms with E-state index in [9.17, 15) is 9.90 Å². The van der Waals surface area contributed by atoms with E-state index < -0.39 is 5.97 Å². The lowest BCUT2D eigenvalue weighted by molar-refractivity contribution is -0.890. The molecule has 0 atom stereocenters. The van der Waals surface area contributed by atoms with Crippen LogP contribution < -0.4 is 5.11 Å². The molecule has 0 saturated carbocycles. The summed E-state index contributed by atoms with van der Waals surface area (Å²) in [5, 5.41) is 10.1. The maximum absolute atomic E-state index is 10.1. The van der Waals surface area contributed by atoms with E-state index in [4.69, 9.17) is 0 Å². The summed E-state index contributed by atoms with van der Waals surface area (Å²) in [6.45, 7) is 9.61. The quantitative estimate of drug-likeness (QED) is 0.0473.